The third-order valence-electron chi connectivity index (χ3n) is 4.66. The van der Waals surface area contributed by atoms with Gasteiger partial charge in [-0.15, -0.1) is 0 Å². The minimum Gasteiger partial charge on any atom is -0.468 e. The number of ether oxygens (including phenoxy) is 2. The van der Waals surface area contributed by atoms with Crippen molar-refractivity contribution in [3.8, 4) is 0 Å². The quantitative estimate of drug-likeness (QED) is 0.788. The number of rotatable bonds is 5. The van der Waals surface area contributed by atoms with E-state index in [1.807, 2.05) is 0 Å². The summed E-state index contributed by atoms with van der Waals surface area (Å²) in [5, 5.41) is 4.87. The van der Waals surface area contributed by atoms with E-state index in [1.54, 1.807) is 0 Å². The third-order valence-corrected chi connectivity index (χ3v) is 6.30. The van der Waals surface area contributed by atoms with Crippen LogP contribution in [0.25, 0.3) is 0 Å². The van der Waals surface area contributed by atoms with Crippen molar-refractivity contribution in [3.05, 3.63) is 0 Å². The number of carbonyl (C=O) groups is 1. The summed E-state index contributed by atoms with van der Waals surface area (Å²) in [6.45, 7) is 1.79. The van der Waals surface area contributed by atoms with E-state index in [0.29, 0.717) is 16.5 Å². The predicted molar refractivity (Wildman–Crippen MR) is 80.0 cm³/mol. The molecule has 0 aromatic heterocycles. The zero-order valence-electron chi connectivity index (χ0n) is 12.2. The molecule has 2 atom stereocenters. The van der Waals surface area contributed by atoms with Crippen LogP contribution in [0.2, 0.25) is 0 Å². The Morgan fingerprint density at radius 1 is 1.20 bits per heavy atom. The summed E-state index contributed by atoms with van der Waals surface area (Å²) < 4.78 is 10.5. The van der Waals surface area contributed by atoms with E-state index in [0.717, 1.165) is 45.3 Å². The normalized spacial score (nSPS) is 35.1. The molecule has 20 heavy (non-hydrogen) atoms. The van der Waals surface area contributed by atoms with Crippen LogP contribution < -0.4 is 5.32 Å². The molecule has 1 aliphatic heterocycles. The third kappa shape index (κ3) is 3.31. The molecule has 1 N–H and O–H groups in total. The fourth-order valence-corrected chi connectivity index (χ4v) is 5.03. The van der Waals surface area contributed by atoms with Gasteiger partial charge in [-0.25, -0.2) is 0 Å². The number of hydrogen-bond acceptors (Lipinski definition) is 5. The van der Waals surface area contributed by atoms with Crippen LogP contribution in [0.3, 0.4) is 0 Å². The van der Waals surface area contributed by atoms with Crippen molar-refractivity contribution in [1.29, 1.82) is 0 Å². The molecule has 0 spiro atoms. The van der Waals surface area contributed by atoms with Gasteiger partial charge in [0.25, 0.3) is 0 Å². The van der Waals surface area contributed by atoms with Gasteiger partial charge in [-0.1, -0.05) is 0 Å². The van der Waals surface area contributed by atoms with Gasteiger partial charge >= 0.3 is 5.97 Å². The second-order valence-corrected chi connectivity index (χ2v) is 7.91. The van der Waals surface area contributed by atoms with Crippen LogP contribution in [-0.4, -0.2) is 48.4 Å². The molecule has 1 saturated heterocycles. The first-order chi connectivity index (χ1) is 9.72. The Hall–Kier alpha value is -0.260. The predicted octanol–water partition coefficient (Wildman–Crippen LogP) is 2.11. The molecule has 114 valence electrons. The summed E-state index contributed by atoms with van der Waals surface area (Å²) >= 11 is 2.08. The molecule has 3 rings (SSSR count). The maximum atomic E-state index is 12.2. The monoisotopic (exact) mass is 299 g/mol. The molecule has 3 aliphatic rings. The highest BCUT2D eigenvalue weighted by Gasteiger charge is 2.49. The Labute approximate surface area is 125 Å². The average molecular weight is 299 g/mol. The van der Waals surface area contributed by atoms with Crippen LogP contribution in [0.4, 0.5) is 0 Å². The van der Waals surface area contributed by atoms with Gasteiger partial charge in [-0.2, -0.15) is 11.8 Å². The SMILES string of the molecule is COC(=O)C1(NC2CC2)CCC(SC2CCOCC2)C1. The Balaban J connectivity index is 1.57. The lowest BCUT2D eigenvalue weighted by molar-refractivity contribution is -0.148. The van der Waals surface area contributed by atoms with Crippen molar-refractivity contribution in [3.63, 3.8) is 0 Å². The lowest BCUT2D eigenvalue weighted by Gasteiger charge is -2.29. The van der Waals surface area contributed by atoms with Gasteiger partial charge < -0.3 is 9.47 Å². The second kappa shape index (κ2) is 6.24. The van der Waals surface area contributed by atoms with Crippen LogP contribution in [0.5, 0.6) is 0 Å². The van der Waals surface area contributed by atoms with Crippen LogP contribution in [0.1, 0.15) is 44.9 Å². The summed E-state index contributed by atoms with van der Waals surface area (Å²) in [5.41, 5.74) is -0.404. The average Bonchev–Trinajstić information content (AvgIpc) is 3.19. The van der Waals surface area contributed by atoms with Crippen molar-refractivity contribution in [2.75, 3.05) is 20.3 Å². The zero-order chi connectivity index (χ0) is 14.0. The Bertz CT molecular complexity index is 355. The zero-order valence-corrected chi connectivity index (χ0v) is 13.0. The highest BCUT2D eigenvalue weighted by molar-refractivity contribution is 8.00. The second-order valence-electron chi connectivity index (χ2n) is 6.30. The molecule has 1 heterocycles. The van der Waals surface area contributed by atoms with Crippen molar-refractivity contribution in [2.24, 2.45) is 0 Å². The van der Waals surface area contributed by atoms with Crippen LogP contribution in [0, 0.1) is 0 Å². The minimum absolute atomic E-state index is 0.0560. The Kier molecular flexibility index (Phi) is 4.58. The van der Waals surface area contributed by atoms with Gasteiger partial charge in [-0.3, -0.25) is 10.1 Å². The largest absolute Gasteiger partial charge is 0.468 e. The van der Waals surface area contributed by atoms with Gasteiger partial charge in [0.2, 0.25) is 0 Å². The van der Waals surface area contributed by atoms with Gasteiger partial charge in [0.05, 0.1) is 7.11 Å². The molecular formula is C15H25NO3S. The fraction of sp³-hybridized carbons (Fsp3) is 0.933. The molecular weight excluding hydrogens is 274 g/mol. The molecule has 0 radical (unpaired) electrons. The van der Waals surface area contributed by atoms with Crippen molar-refractivity contribution in [1.82, 2.24) is 5.32 Å². The van der Waals surface area contributed by atoms with Crippen molar-refractivity contribution in [2.45, 2.75) is 67.0 Å². The fourth-order valence-electron chi connectivity index (χ4n) is 3.39. The number of carbonyl (C=O) groups excluding carboxylic acids is 1. The highest BCUT2D eigenvalue weighted by atomic mass is 32.2. The number of methoxy groups -OCH3 is 1. The Morgan fingerprint density at radius 3 is 2.60 bits per heavy atom. The highest BCUT2D eigenvalue weighted by Crippen LogP contribution is 2.42. The maximum absolute atomic E-state index is 12.2. The van der Waals surface area contributed by atoms with E-state index < -0.39 is 5.54 Å². The molecule has 0 aromatic rings. The van der Waals surface area contributed by atoms with Crippen LogP contribution in [0.15, 0.2) is 0 Å². The molecule has 5 heteroatoms. The Morgan fingerprint density at radius 2 is 1.95 bits per heavy atom. The molecule has 2 saturated carbocycles. The lowest BCUT2D eigenvalue weighted by Crippen LogP contribution is -2.52. The standard InChI is InChI=1S/C15H25NO3S/c1-18-14(17)15(16-11-2-3-11)7-4-13(10-15)20-12-5-8-19-9-6-12/h11-13,16H,2-10H2,1H3. The number of nitrogens with one attached hydrogen (secondary N) is 1. The van der Waals surface area contributed by atoms with Crippen LogP contribution in [-0.2, 0) is 14.3 Å². The van der Waals surface area contributed by atoms with Crippen molar-refractivity contribution >= 4 is 17.7 Å². The van der Waals surface area contributed by atoms with Gasteiger partial charge in [0, 0.05) is 29.8 Å². The van der Waals surface area contributed by atoms with E-state index in [-0.39, 0.29) is 5.97 Å². The first-order valence-electron chi connectivity index (χ1n) is 7.81. The van der Waals surface area contributed by atoms with Crippen molar-refractivity contribution < 1.29 is 14.3 Å². The smallest absolute Gasteiger partial charge is 0.326 e. The summed E-state index contributed by atoms with van der Waals surface area (Å²) in [7, 11) is 1.51. The lowest BCUT2D eigenvalue weighted by atomic mass is 9.97. The molecule has 2 aliphatic carbocycles. The van der Waals surface area contributed by atoms with E-state index in [9.17, 15) is 4.79 Å². The topological polar surface area (TPSA) is 47.6 Å². The number of hydrogen-bond donors (Lipinski definition) is 1. The molecule has 2 unspecified atom stereocenters. The minimum atomic E-state index is -0.404. The molecule has 4 nitrogen and oxygen atoms in total. The molecule has 0 aromatic carbocycles. The first-order valence-corrected chi connectivity index (χ1v) is 8.75. The van der Waals surface area contributed by atoms with E-state index >= 15 is 0 Å². The van der Waals surface area contributed by atoms with E-state index in [1.165, 1.54) is 20.0 Å². The van der Waals surface area contributed by atoms with Gasteiger partial charge in [-0.05, 0) is 44.9 Å². The summed E-state index contributed by atoms with van der Waals surface area (Å²) in [4.78, 5) is 12.2. The summed E-state index contributed by atoms with van der Waals surface area (Å²) in [6.07, 6.45) is 7.70. The molecule has 3 fully saturated rings. The molecule has 0 bridgehead atoms. The van der Waals surface area contributed by atoms with E-state index in [4.69, 9.17) is 9.47 Å². The molecule has 0 amide bonds. The van der Waals surface area contributed by atoms with Gasteiger partial charge in [0.1, 0.15) is 5.54 Å². The van der Waals surface area contributed by atoms with Gasteiger partial charge in [0.15, 0.2) is 0 Å². The van der Waals surface area contributed by atoms with Crippen LogP contribution >= 0.6 is 11.8 Å². The van der Waals surface area contributed by atoms with E-state index in [2.05, 4.69) is 17.1 Å². The number of thioether (sulfide) groups is 1. The first kappa shape index (κ1) is 14.7. The summed E-state index contributed by atoms with van der Waals surface area (Å²) in [6, 6.07) is 0.543. The summed E-state index contributed by atoms with van der Waals surface area (Å²) in [5.74, 6) is -0.0560. The maximum Gasteiger partial charge on any atom is 0.326 e. The number of esters is 1.